The normalized spacial score (nSPS) is 16.4. The summed E-state index contributed by atoms with van der Waals surface area (Å²) in [5.41, 5.74) is 0.110. The van der Waals surface area contributed by atoms with Crippen molar-refractivity contribution in [2.45, 2.75) is 34.1 Å². The van der Waals surface area contributed by atoms with Gasteiger partial charge < -0.3 is 5.11 Å². The third kappa shape index (κ3) is 3.49. The van der Waals surface area contributed by atoms with E-state index >= 15 is 0 Å². The molecule has 0 aromatic carbocycles. The summed E-state index contributed by atoms with van der Waals surface area (Å²) in [5, 5.41) is 8.45. The molecule has 0 spiro atoms. The molecule has 1 N–H and O–H groups in total. The zero-order chi connectivity index (χ0) is 12.4. The van der Waals surface area contributed by atoms with E-state index in [4.69, 9.17) is 11.0 Å². The molecule has 0 saturated carbocycles. The third-order valence-corrected chi connectivity index (χ3v) is 1.96. The lowest BCUT2D eigenvalue weighted by Crippen LogP contribution is -2.20. The Bertz CT molecular complexity index is 135. The Hall–Kier alpha value is -0.530. The average molecular weight is 155 g/mol. The molecule has 0 aromatic heterocycles. The molecule has 0 amide bonds. The van der Waals surface area contributed by atoms with Crippen LogP contribution in [0, 0.1) is 11.3 Å². The van der Waals surface area contributed by atoms with Gasteiger partial charge in [-0.05, 0) is 11.3 Å². The van der Waals surface area contributed by atoms with Gasteiger partial charge in [0.05, 0.1) is 0 Å². The van der Waals surface area contributed by atoms with E-state index in [0.29, 0.717) is 0 Å². The van der Waals surface area contributed by atoms with Crippen molar-refractivity contribution < 1.29 is 17.3 Å². The number of carbonyl (C=O) groups is 1. The molecule has 2 nitrogen and oxygen atoms in total. The van der Waals surface area contributed by atoms with Crippen molar-refractivity contribution in [1.82, 2.24) is 0 Å². The molecular weight excluding hydrogens is 128 g/mol. The lowest BCUT2D eigenvalue weighted by Gasteiger charge is -2.25. The van der Waals surface area contributed by atoms with Crippen LogP contribution in [0.15, 0.2) is 0 Å². The first-order chi connectivity index (χ1) is 6.34. The highest BCUT2D eigenvalue weighted by Gasteiger charge is 2.21. The van der Waals surface area contributed by atoms with Crippen LogP contribution in [-0.4, -0.2) is 11.1 Å². The molecule has 1 atom stereocenters. The van der Waals surface area contributed by atoms with Crippen LogP contribution in [-0.2, 0) is 4.79 Å². The van der Waals surface area contributed by atoms with E-state index in [1.807, 2.05) is 6.92 Å². The third-order valence-electron chi connectivity index (χ3n) is 1.96. The van der Waals surface area contributed by atoms with Gasteiger partial charge >= 0.3 is 5.97 Å². The van der Waals surface area contributed by atoms with Crippen molar-refractivity contribution in [2.75, 3.05) is 0 Å². The summed E-state index contributed by atoms with van der Waals surface area (Å²) in [4.78, 5) is 10.3. The first kappa shape index (κ1) is 6.20. The molecule has 1 unspecified atom stereocenters. The van der Waals surface area contributed by atoms with E-state index < -0.39 is 5.97 Å². The van der Waals surface area contributed by atoms with Crippen molar-refractivity contribution in [3.63, 3.8) is 0 Å². The van der Waals surface area contributed by atoms with Crippen LogP contribution in [0.4, 0.5) is 0 Å². The number of carboxylic acids is 1. The van der Waals surface area contributed by atoms with Crippen LogP contribution in [0.1, 0.15) is 41.5 Å². The van der Waals surface area contributed by atoms with Gasteiger partial charge in [0, 0.05) is 13.8 Å². The minimum absolute atomic E-state index is 0. The number of hydrogen-bond donors (Lipinski definition) is 1. The molecule has 0 radical (unpaired) electrons. The van der Waals surface area contributed by atoms with Crippen LogP contribution in [0.5, 0.6) is 0 Å². The highest BCUT2D eigenvalue weighted by molar-refractivity contribution is 5.67. The topological polar surface area (TPSA) is 37.3 Å². The summed E-state index contributed by atoms with van der Waals surface area (Å²) in [6, 6.07) is 0. The lowest BCUT2D eigenvalue weighted by molar-refractivity contribution is -0.138. The minimum atomic E-state index is -0.706. The molecule has 0 heterocycles. The highest BCUT2D eigenvalue weighted by Crippen LogP contribution is 2.27. The Morgan fingerprint density at radius 1 is 1.70 bits per heavy atom. The number of carboxylic acid groups (broad SMARTS) is 1. The number of rotatable bonds is 2. The fourth-order valence-electron chi connectivity index (χ4n) is 0.568. The van der Waals surface area contributed by atoms with Gasteiger partial charge in [0.15, 0.2) is 0 Å². The zero-order valence-electron chi connectivity index (χ0n) is 11.1. The summed E-state index contributed by atoms with van der Waals surface area (Å²) in [7, 11) is 0. The monoisotopic (exact) mass is 155 g/mol. The number of hydrogen-bond acceptors (Lipinski definition) is 1. The summed E-state index contributed by atoms with van der Waals surface area (Å²) < 4.78 is 20.0. The van der Waals surface area contributed by atoms with Gasteiger partial charge in [-0.15, -0.1) is 0 Å². The molecule has 10 heavy (non-hydrogen) atoms. The van der Waals surface area contributed by atoms with Gasteiger partial charge in [-0.3, -0.25) is 4.79 Å². The maximum atomic E-state index is 10.3. The molecule has 0 bridgehead atoms. The molecule has 0 rings (SSSR count). The summed E-state index contributed by atoms with van der Waals surface area (Å²) in [5.74, 6) is -0.465. The lowest BCUT2D eigenvalue weighted by atomic mass is 9.80. The zero-order valence-corrected chi connectivity index (χ0v) is 7.14. The SMILES string of the molecule is CC(CC(=O)O)C(C)(C)C.[2HH].[2H][2H].[2H][2H]. The summed E-state index contributed by atoms with van der Waals surface area (Å²) >= 11 is 0. The molecule has 0 aliphatic heterocycles. The highest BCUT2D eigenvalue weighted by atomic mass is 16.4. The Morgan fingerprint density at radius 2 is 2.10 bits per heavy atom. The Kier molecular flexibility index (Phi) is 1.88. The van der Waals surface area contributed by atoms with Gasteiger partial charge in [-0.2, -0.15) is 0 Å². The van der Waals surface area contributed by atoms with Crippen molar-refractivity contribution in [2.24, 2.45) is 11.3 Å². The van der Waals surface area contributed by atoms with Crippen LogP contribution in [0.3, 0.4) is 0 Å². The van der Waals surface area contributed by atoms with E-state index in [-0.39, 0.29) is 19.2 Å². The fraction of sp³-hybridized carbons (Fsp3) is 0.875. The predicted molar refractivity (Wildman–Crippen MR) is 47.2 cm³/mol. The van der Waals surface area contributed by atoms with Gasteiger partial charge in [0.1, 0.15) is 0 Å². The largest absolute Gasteiger partial charge is 0.481 e. The van der Waals surface area contributed by atoms with Crippen molar-refractivity contribution in [3.8, 4) is 0 Å². The van der Waals surface area contributed by atoms with E-state index in [0.717, 1.165) is 0 Å². The second-order valence-electron chi connectivity index (χ2n) is 3.86. The molecule has 0 fully saturated rings. The predicted octanol–water partition coefficient (Wildman–Crippen LogP) is 2.88. The second kappa shape index (κ2) is 3.04. The number of aliphatic carboxylic acids is 1. The average Bonchev–Trinajstić information content (AvgIpc) is 2.09. The molecule has 0 aliphatic carbocycles. The molecule has 0 saturated heterocycles. The minimum Gasteiger partial charge on any atom is -0.481 e. The van der Waals surface area contributed by atoms with Crippen molar-refractivity contribution in [3.05, 3.63) is 0 Å². The Balaban J connectivity index is -0.000000107. The Labute approximate surface area is 69.9 Å². The van der Waals surface area contributed by atoms with Gasteiger partial charge in [-0.1, -0.05) is 27.7 Å². The maximum Gasteiger partial charge on any atom is 0.303 e. The van der Waals surface area contributed by atoms with Crippen LogP contribution < -0.4 is 0 Å². The van der Waals surface area contributed by atoms with E-state index in [1.165, 1.54) is 0 Å². The molecular formula is C8H22O2. The maximum absolute atomic E-state index is 10.3. The Morgan fingerprint density at radius 3 is 2.20 bits per heavy atom. The molecule has 0 aromatic rings. The molecule has 2 heteroatoms. The van der Waals surface area contributed by atoms with Crippen molar-refractivity contribution >= 4 is 5.97 Å². The first-order valence-corrected chi connectivity index (χ1v) is 3.56. The van der Waals surface area contributed by atoms with E-state index in [2.05, 4.69) is 20.8 Å². The summed E-state index contributed by atoms with van der Waals surface area (Å²) in [6.45, 7) is 8.13. The second-order valence-corrected chi connectivity index (χ2v) is 3.86. The van der Waals surface area contributed by atoms with E-state index in [1.54, 1.807) is 0 Å². The van der Waals surface area contributed by atoms with Gasteiger partial charge in [0.2, 0.25) is 0 Å². The van der Waals surface area contributed by atoms with E-state index in [9.17, 15) is 4.79 Å². The van der Waals surface area contributed by atoms with Gasteiger partial charge in [0.25, 0.3) is 0 Å². The quantitative estimate of drug-likeness (QED) is 0.665. The van der Waals surface area contributed by atoms with Crippen LogP contribution in [0.2, 0.25) is 0 Å². The van der Waals surface area contributed by atoms with Gasteiger partial charge in [-0.25, -0.2) is 0 Å². The first-order valence-electron chi connectivity index (χ1n) is 5.56. The standard InChI is InChI=1S/C8H16O2.3H2/c1-6(5-7(9)10)8(2,3)4;;;/h6H,5H2,1-4H3,(H,9,10);3*1H/i;2*1+1D;1+1. The van der Waals surface area contributed by atoms with Crippen LogP contribution >= 0.6 is 0 Å². The van der Waals surface area contributed by atoms with Crippen LogP contribution in [0.25, 0.3) is 0 Å². The fourth-order valence-corrected chi connectivity index (χ4v) is 0.568. The smallest absolute Gasteiger partial charge is 0.303 e. The molecule has 66 valence electrons. The molecule has 0 aliphatic rings. The van der Waals surface area contributed by atoms with Crippen molar-refractivity contribution in [1.29, 1.82) is 0 Å². The summed E-state index contributed by atoms with van der Waals surface area (Å²) in [6.07, 6.45) is 0.267.